The second-order valence-electron chi connectivity index (χ2n) is 18.4. The molecule has 0 N–H and O–H groups in total. The van der Waals surface area contributed by atoms with E-state index in [1.165, 1.54) is 86.3 Å². The summed E-state index contributed by atoms with van der Waals surface area (Å²) < 4.78 is 7.59. The van der Waals surface area contributed by atoms with E-state index in [2.05, 4.69) is 287 Å². The van der Waals surface area contributed by atoms with Gasteiger partial charge >= 0.3 is 0 Å². The number of hydrogen-bond acceptors (Lipinski definition) is 0. The molecule has 0 aliphatic heterocycles. The van der Waals surface area contributed by atoms with Crippen molar-refractivity contribution in [1.29, 1.82) is 0 Å². The first-order valence-electron chi connectivity index (χ1n) is 24.2. The summed E-state index contributed by atoms with van der Waals surface area (Å²) in [6, 6.07) is 101. The molecule has 0 amide bonds. The molecule has 3 nitrogen and oxygen atoms in total. The van der Waals surface area contributed by atoms with Gasteiger partial charge in [-0.2, -0.15) is 0 Å². The predicted molar refractivity (Wildman–Crippen MR) is 299 cm³/mol. The van der Waals surface area contributed by atoms with Crippen molar-refractivity contribution in [3.8, 4) is 28.2 Å². The molecule has 4 heteroatoms. The lowest BCUT2D eigenvalue weighted by Gasteiger charge is -2.35. The summed E-state index contributed by atoms with van der Waals surface area (Å²) in [5.41, 5.74) is 12.9. The molecule has 0 saturated heterocycles. The lowest BCUT2D eigenvalue weighted by atomic mass is 10.0. The molecule has 328 valence electrons. The van der Waals surface area contributed by atoms with Gasteiger partial charge in [0, 0.05) is 43.6 Å². The fourth-order valence-corrected chi connectivity index (χ4v) is 16.9. The van der Waals surface area contributed by atoms with Crippen LogP contribution in [-0.4, -0.2) is 21.8 Å². The van der Waals surface area contributed by atoms with Crippen LogP contribution >= 0.6 is 0 Å². The number of aromatic nitrogens is 3. The third-order valence-electron chi connectivity index (χ3n) is 14.8. The number of nitrogens with zero attached hydrogens (tertiary/aromatic N) is 3. The van der Waals surface area contributed by atoms with E-state index >= 15 is 0 Å². The molecule has 0 saturated carbocycles. The Kier molecular flexibility index (Phi) is 9.23. The minimum atomic E-state index is -3.02. The molecule has 0 spiro atoms. The van der Waals surface area contributed by atoms with Gasteiger partial charge in [0.25, 0.3) is 0 Å². The molecule has 70 heavy (non-hydrogen) atoms. The summed E-state index contributed by atoms with van der Waals surface area (Å²) in [6.45, 7) is 0. The zero-order valence-electron chi connectivity index (χ0n) is 38.3. The third-order valence-corrected chi connectivity index (χ3v) is 19.6. The van der Waals surface area contributed by atoms with Gasteiger partial charge in [-0.15, -0.1) is 0 Å². The van der Waals surface area contributed by atoms with Crippen LogP contribution in [0.25, 0.3) is 93.6 Å². The molecule has 3 aromatic heterocycles. The van der Waals surface area contributed by atoms with Crippen molar-refractivity contribution in [3.05, 3.63) is 273 Å². The van der Waals surface area contributed by atoms with E-state index in [0.29, 0.717) is 0 Å². The monoisotopic (exact) mass is 907 g/mol. The summed E-state index contributed by atoms with van der Waals surface area (Å²) in [7, 11) is -3.02. The van der Waals surface area contributed by atoms with Crippen LogP contribution in [0.3, 0.4) is 0 Å². The molecule has 0 aliphatic rings. The molecular formula is C66H45N3Si. The average Bonchev–Trinajstić information content (AvgIpc) is 4.08. The number of hydrogen-bond donors (Lipinski definition) is 0. The van der Waals surface area contributed by atoms with Gasteiger partial charge in [0.1, 0.15) is 0 Å². The van der Waals surface area contributed by atoms with Gasteiger partial charge < -0.3 is 13.7 Å². The Labute approximate surface area is 407 Å². The van der Waals surface area contributed by atoms with Crippen molar-refractivity contribution >= 4 is 94.2 Å². The van der Waals surface area contributed by atoms with Crippen LogP contribution in [0.15, 0.2) is 273 Å². The first-order chi connectivity index (χ1) is 34.8. The van der Waals surface area contributed by atoms with E-state index in [0.717, 1.165) is 28.1 Å². The van der Waals surface area contributed by atoms with Gasteiger partial charge in [-0.25, -0.2) is 0 Å². The Morgan fingerprint density at radius 3 is 1.34 bits per heavy atom. The van der Waals surface area contributed by atoms with Gasteiger partial charge in [0.2, 0.25) is 0 Å². The highest BCUT2D eigenvalue weighted by atomic mass is 28.3. The second kappa shape index (κ2) is 16.1. The highest BCUT2D eigenvalue weighted by Gasteiger charge is 2.43. The van der Waals surface area contributed by atoms with E-state index in [-0.39, 0.29) is 0 Å². The maximum Gasteiger partial charge on any atom is 0.181 e. The van der Waals surface area contributed by atoms with E-state index in [1.54, 1.807) is 0 Å². The van der Waals surface area contributed by atoms with Gasteiger partial charge in [-0.05, 0) is 74.8 Å². The van der Waals surface area contributed by atoms with E-state index < -0.39 is 8.07 Å². The molecule has 0 atom stereocenters. The smallest absolute Gasteiger partial charge is 0.181 e. The highest BCUT2D eigenvalue weighted by molar-refractivity contribution is 7.20. The topological polar surface area (TPSA) is 14.8 Å². The van der Waals surface area contributed by atoms with Crippen LogP contribution < -0.4 is 20.7 Å². The maximum atomic E-state index is 2.62. The molecule has 0 unspecified atom stereocenters. The zero-order valence-corrected chi connectivity index (χ0v) is 39.3. The first kappa shape index (κ1) is 40.1. The van der Waals surface area contributed by atoms with Gasteiger partial charge in [0.15, 0.2) is 8.07 Å². The average molecular weight is 908 g/mol. The molecule has 0 aliphatic carbocycles. The van der Waals surface area contributed by atoms with E-state index in [4.69, 9.17) is 0 Å². The molecule has 0 fully saturated rings. The highest BCUT2D eigenvalue weighted by Crippen LogP contribution is 2.43. The van der Waals surface area contributed by atoms with Crippen LogP contribution in [0.4, 0.5) is 0 Å². The van der Waals surface area contributed by atoms with Crippen molar-refractivity contribution in [3.63, 3.8) is 0 Å². The Hall–Kier alpha value is -8.96. The van der Waals surface area contributed by atoms with Gasteiger partial charge in [-0.1, -0.05) is 224 Å². The second-order valence-corrected chi connectivity index (χ2v) is 22.1. The Morgan fingerprint density at radius 2 is 0.729 bits per heavy atom. The summed E-state index contributed by atoms with van der Waals surface area (Å²) in [6.07, 6.45) is 0. The van der Waals surface area contributed by atoms with Crippen LogP contribution in [-0.2, 0) is 0 Å². The minimum absolute atomic E-state index is 1.12. The molecule has 14 aromatic rings. The lowest BCUT2D eigenvalue weighted by Crippen LogP contribution is -2.75. The summed E-state index contributed by atoms with van der Waals surface area (Å²) >= 11 is 0. The summed E-state index contributed by atoms with van der Waals surface area (Å²) in [4.78, 5) is 0. The van der Waals surface area contributed by atoms with Crippen LogP contribution in [0.2, 0.25) is 0 Å². The van der Waals surface area contributed by atoms with Gasteiger partial charge in [0.05, 0.1) is 44.5 Å². The number of rotatable bonds is 8. The first-order valence-corrected chi connectivity index (χ1v) is 26.2. The fourth-order valence-electron chi connectivity index (χ4n) is 12.0. The van der Waals surface area contributed by atoms with Crippen LogP contribution in [0.1, 0.15) is 0 Å². The Balaban J connectivity index is 1.14. The molecule has 14 rings (SSSR count). The Morgan fingerprint density at radius 1 is 0.271 bits per heavy atom. The molecular weight excluding hydrogens is 863 g/mol. The standard InChI is InChI=1S/C66H45N3Si/c1-5-23-46(24-6-1)51-31-13-17-36-57(51)68-61-40-22-41-62(65(61)56-44-43-47(45-63(56)68)67-58-37-18-14-32-52(58)53-33-15-19-38-59(53)67)69-60-39-20-16-34-54(60)55-35-21-42-64(66(55)69)70(48-25-7-2-8-26-48,49-27-9-3-10-28-49)50-29-11-4-12-30-50/h1-45H. The molecule has 11 aromatic carbocycles. The van der Waals surface area contributed by atoms with E-state index in [1.807, 2.05) is 0 Å². The number of fused-ring (bicyclic) bond motifs is 9. The maximum absolute atomic E-state index is 3.02. The molecule has 0 bridgehead atoms. The van der Waals surface area contributed by atoms with Crippen LogP contribution in [0.5, 0.6) is 0 Å². The quantitative estimate of drug-likeness (QED) is 0.107. The predicted octanol–water partition coefficient (Wildman–Crippen LogP) is 14.0. The van der Waals surface area contributed by atoms with Crippen molar-refractivity contribution in [1.82, 2.24) is 13.7 Å². The molecule has 3 heterocycles. The van der Waals surface area contributed by atoms with Crippen molar-refractivity contribution < 1.29 is 0 Å². The Bertz CT molecular complexity index is 4130. The van der Waals surface area contributed by atoms with Gasteiger partial charge in [-0.3, -0.25) is 0 Å². The van der Waals surface area contributed by atoms with Crippen molar-refractivity contribution in [2.75, 3.05) is 0 Å². The number of benzene rings is 11. The molecule has 0 radical (unpaired) electrons. The largest absolute Gasteiger partial charge is 0.309 e. The zero-order chi connectivity index (χ0) is 46.2. The van der Waals surface area contributed by atoms with Crippen LogP contribution in [0, 0.1) is 0 Å². The van der Waals surface area contributed by atoms with Crippen molar-refractivity contribution in [2.24, 2.45) is 0 Å². The van der Waals surface area contributed by atoms with E-state index in [9.17, 15) is 0 Å². The lowest BCUT2D eigenvalue weighted by molar-refractivity contribution is 1.15. The fraction of sp³-hybridized carbons (Fsp3) is 0. The normalized spacial score (nSPS) is 12.0. The summed E-state index contributed by atoms with van der Waals surface area (Å²) in [5, 5.41) is 12.8. The summed E-state index contributed by atoms with van der Waals surface area (Å²) in [5.74, 6) is 0. The van der Waals surface area contributed by atoms with Crippen molar-refractivity contribution in [2.45, 2.75) is 0 Å². The third kappa shape index (κ3) is 5.87. The SMILES string of the molecule is c1ccc(-c2ccccc2-n2c3cc(-n4c5ccccc5c5ccccc54)ccc3c3c(-n4c5ccccc5c5cccc([Si](c6ccccc6)(c6ccccc6)c6ccccc6)c54)cccc32)cc1. The number of para-hydroxylation sites is 5. The minimum Gasteiger partial charge on any atom is -0.309 e.